The Hall–Kier alpha value is -1.90. The molecule has 1 aromatic carbocycles. The summed E-state index contributed by atoms with van der Waals surface area (Å²) in [6, 6.07) is 8.98. The van der Waals surface area contributed by atoms with E-state index in [9.17, 15) is 4.39 Å². The topological polar surface area (TPSA) is 22.1 Å². The standard InChI is InChI=1S/C16H18FNO/c1-11-9-12(16(2,3)4)5-6-14(11)19-13-7-8-18-15(17)10-13/h5-10H,1-4H3. The minimum Gasteiger partial charge on any atom is -0.457 e. The first kappa shape index (κ1) is 13.5. The predicted octanol–water partition coefficient (Wildman–Crippen LogP) is 4.62. The zero-order chi connectivity index (χ0) is 14.0. The van der Waals surface area contributed by atoms with Gasteiger partial charge in [0, 0.05) is 12.3 Å². The van der Waals surface area contributed by atoms with Crippen LogP contribution in [0.2, 0.25) is 0 Å². The van der Waals surface area contributed by atoms with E-state index in [-0.39, 0.29) is 5.41 Å². The maximum Gasteiger partial charge on any atom is 0.216 e. The number of halogens is 1. The lowest BCUT2D eigenvalue weighted by Crippen LogP contribution is -2.11. The average molecular weight is 259 g/mol. The first-order valence-electron chi connectivity index (χ1n) is 6.27. The molecule has 0 N–H and O–H groups in total. The molecular formula is C16H18FNO. The molecule has 0 fully saturated rings. The van der Waals surface area contributed by atoms with Gasteiger partial charge in [-0.15, -0.1) is 0 Å². The summed E-state index contributed by atoms with van der Waals surface area (Å²) >= 11 is 0. The van der Waals surface area contributed by atoms with Gasteiger partial charge in [0.05, 0.1) is 0 Å². The van der Waals surface area contributed by atoms with E-state index in [0.29, 0.717) is 5.75 Å². The molecule has 2 aromatic rings. The van der Waals surface area contributed by atoms with Crippen molar-refractivity contribution in [2.45, 2.75) is 33.1 Å². The summed E-state index contributed by atoms with van der Waals surface area (Å²) in [6.45, 7) is 8.49. The lowest BCUT2D eigenvalue weighted by atomic mass is 9.86. The van der Waals surface area contributed by atoms with E-state index in [2.05, 4.69) is 31.8 Å². The summed E-state index contributed by atoms with van der Waals surface area (Å²) in [5, 5.41) is 0. The lowest BCUT2D eigenvalue weighted by Gasteiger charge is -2.20. The van der Waals surface area contributed by atoms with Crippen LogP contribution in [0.3, 0.4) is 0 Å². The number of aromatic nitrogens is 1. The zero-order valence-electron chi connectivity index (χ0n) is 11.7. The fourth-order valence-corrected chi connectivity index (χ4v) is 1.81. The van der Waals surface area contributed by atoms with E-state index in [0.717, 1.165) is 11.3 Å². The molecule has 2 rings (SSSR count). The van der Waals surface area contributed by atoms with Crippen molar-refractivity contribution in [1.82, 2.24) is 4.98 Å². The maximum absolute atomic E-state index is 13.0. The van der Waals surface area contributed by atoms with Crippen LogP contribution in [0.4, 0.5) is 4.39 Å². The summed E-state index contributed by atoms with van der Waals surface area (Å²) in [5.41, 5.74) is 2.38. The van der Waals surface area contributed by atoms with Crippen molar-refractivity contribution < 1.29 is 9.13 Å². The summed E-state index contributed by atoms with van der Waals surface area (Å²) in [4.78, 5) is 3.50. The highest BCUT2D eigenvalue weighted by molar-refractivity contribution is 5.41. The van der Waals surface area contributed by atoms with Crippen LogP contribution < -0.4 is 4.74 Å². The van der Waals surface area contributed by atoms with Crippen molar-refractivity contribution in [3.63, 3.8) is 0 Å². The van der Waals surface area contributed by atoms with Gasteiger partial charge in [-0.3, -0.25) is 0 Å². The molecule has 0 bridgehead atoms. The van der Waals surface area contributed by atoms with E-state index in [1.165, 1.54) is 17.8 Å². The molecule has 0 aliphatic rings. The second kappa shape index (κ2) is 5.00. The van der Waals surface area contributed by atoms with Gasteiger partial charge in [-0.1, -0.05) is 32.9 Å². The molecule has 0 amide bonds. The second-order valence-electron chi connectivity index (χ2n) is 5.65. The van der Waals surface area contributed by atoms with Gasteiger partial charge >= 0.3 is 0 Å². The first-order valence-corrected chi connectivity index (χ1v) is 6.27. The van der Waals surface area contributed by atoms with Crippen LogP contribution in [0.5, 0.6) is 11.5 Å². The molecule has 0 aliphatic carbocycles. The SMILES string of the molecule is Cc1cc(C(C)(C)C)ccc1Oc1ccnc(F)c1. The Balaban J connectivity index is 2.27. The molecule has 0 spiro atoms. The van der Waals surface area contributed by atoms with Crippen molar-refractivity contribution in [2.24, 2.45) is 0 Å². The van der Waals surface area contributed by atoms with E-state index in [1.54, 1.807) is 6.07 Å². The Morgan fingerprint density at radius 3 is 2.42 bits per heavy atom. The Morgan fingerprint density at radius 2 is 1.84 bits per heavy atom. The molecule has 0 radical (unpaired) electrons. The van der Waals surface area contributed by atoms with Crippen molar-refractivity contribution in [3.05, 3.63) is 53.6 Å². The first-order chi connectivity index (χ1) is 8.86. The minimum absolute atomic E-state index is 0.103. The van der Waals surface area contributed by atoms with Gasteiger partial charge in [-0.2, -0.15) is 4.39 Å². The van der Waals surface area contributed by atoms with Gasteiger partial charge < -0.3 is 4.74 Å². The van der Waals surface area contributed by atoms with E-state index in [1.807, 2.05) is 19.1 Å². The third-order valence-corrected chi connectivity index (χ3v) is 2.97. The third-order valence-electron chi connectivity index (χ3n) is 2.97. The molecule has 0 unspecified atom stereocenters. The largest absolute Gasteiger partial charge is 0.457 e. The van der Waals surface area contributed by atoms with Gasteiger partial charge in [0.1, 0.15) is 11.5 Å². The van der Waals surface area contributed by atoms with Gasteiger partial charge in [-0.05, 0) is 35.6 Å². The molecule has 0 saturated heterocycles. The van der Waals surface area contributed by atoms with E-state index in [4.69, 9.17) is 4.74 Å². The van der Waals surface area contributed by atoms with Crippen molar-refractivity contribution in [2.75, 3.05) is 0 Å². The van der Waals surface area contributed by atoms with Crippen molar-refractivity contribution in [3.8, 4) is 11.5 Å². The molecular weight excluding hydrogens is 241 g/mol. The fraction of sp³-hybridized carbons (Fsp3) is 0.312. The lowest BCUT2D eigenvalue weighted by molar-refractivity contribution is 0.467. The average Bonchev–Trinajstić information content (AvgIpc) is 2.30. The third kappa shape index (κ3) is 3.31. The number of pyridine rings is 1. The summed E-state index contributed by atoms with van der Waals surface area (Å²) in [7, 11) is 0. The summed E-state index contributed by atoms with van der Waals surface area (Å²) in [5.74, 6) is 0.652. The Kier molecular flexibility index (Phi) is 3.56. The number of hydrogen-bond acceptors (Lipinski definition) is 2. The molecule has 19 heavy (non-hydrogen) atoms. The highest BCUT2D eigenvalue weighted by atomic mass is 19.1. The van der Waals surface area contributed by atoms with Crippen LogP contribution in [0.15, 0.2) is 36.5 Å². The monoisotopic (exact) mass is 259 g/mol. The minimum atomic E-state index is -0.540. The molecule has 0 aliphatic heterocycles. The van der Waals surface area contributed by atoms with Gasteiger partial charge in [0.15, 0.2) is 0 Å². The van der Waals surface area contributed by atoms with Crippen LogP contribution in [0, 0.1) is 12.9 Å². The van der Waals surface area contributed by atoms with E-state index < -0.39 is 5.95 Å². The number of nitrogens with zero attached hydrogens (tertiary/aromatic N) is 1. The van der Waals surface area contributed by atoms with Gasteiger partial charge in [0.25, 0.3) is 0 Å². The second-order valence-corrected chi connectivity index (χ2v) is 5.65. The molecule has 0 saturated carbocycles. The number of ether oxygens (including phenoxy) is 1. The van der Waals surface area contributed by atoms with E-state index >= 15 is 0 Å². The van der Waals surface area contributed by atoms with Crippen LogP contribution >= 0.6 is 0 Å². The molecule has 3 heteroatoms. The quantitative estimate of drug-likeness (QED) is 0.734. The molecule has 0 atom stereocenters. The van der Waals surface area contributed by atoms with Crippen LogP contribution in [0.25, 0.3) is 0 Å². The summed E-state index contributed by atoms with van der Waals surface area (Å²) < 4.78 is 18.7. The Labute approximate surface area is 113 Å². The smallest absolute Gasteiger partial charge is 0.216 e. The normalized spacial score (nSPS) is 11.4. The van der Waals surface area contributed by atoms with Crippen molar-refractivity contribution >= 4 is 0 Å². The maximum atomic E-state index is 13.0. The van der Waals surface area contributed by atoms with Crippen molar-refractivity contribution in [1.29, 1.82) is 0 Å². The molecule has 2 nitrogen and oxygen atoms in total. The number of aryl methyl sites for hydroxylation is 1. The van der Waals surface area contributed by atoms with Gasteiger partial charge in [-0.25, -0.2) is 4.98 Å². The van der Waals surface area contributed by atoms with Crippen LogP contribution in [-0.2, 0) is 5.41 Å². The Bertz CT molecular complexity index is 588. The fourth-order valence-electron chi connectivity index (χ4n) is 1.81. The molecule has 1 aromatic heterocycles. The zero-order valence-corrected chi connectivity index (χ0v) is 11.7. The molecule has 1 heterocycles. The summed E-state index contributed by atoms with van der Waals surface area (Å²) in [6.07, 6.45) is 1.39. The predicted molar refractivity (Wildman–Crippen MR) is 74.1 cm³/mol. The Morgan fingerprint density at radius 1 is 1.11 bits per heavy atom. The number of benzene rings is 1. The van der Waals surface area contributed by atoms with Crippen LogP contribution in [-0.4, -0.2) is 4.98 Å². The van der Waals surface area contributed by atoms with Gasteiger partial charge in [0.2, 0.25) is 5.95 Å². The molecule has 100 valence electrons. The number of rotatable bonds is 2. The highest BCUT2D eigenvalue weighted by Crippen LogP contribution is 2.30. The van der Waals surface area contributed by atoms with Crippen LogP contribution in [0.1, 0.15) is 31.9 Å². The highest BCUT2D eigenvalue weighted by Gasteiger charge is 2.15. The number of hydrogen-bond donors (Lipinski definition) is 0.